The minimum atomic E-state index is -0.778. The van der Waals surface area contributed by atoms with Gasteiger partial charge in [0.1, 0.15) is 6.04 Å². The second-order valence-corrected chi connectivity index (χ2v) is 8.32. The van der Waals surface area contributed by atoms with E-state index in [1.807, 2.05) is 0 Å². The number of likely N-dealkylation sites (N-methyl/N-ethyl adjacent to an activating group) is 1. The quantitative estimate of drug-likeness (QED) is 0.697. The van der Waals surface area contributed by atoms with Crippen LogP contribution in [0, 0.1) is 0 Å². The summed E-state index contributed by atoms with van der Waals surface area (Å²) in [5.41, 5.74) is 0. The molecule has 3 atom stereocenters. The highest BCUT2D eigenvalue weighted by atomic mass is 32.4. The minimum Gasteiger partial charge on any atom is -0.480 e. The first kappa shape index (κ1) is 10.7. The van der Waals surface area contributed by atoms with Crippen molar-refractivity contribution in [3.63, 3.8) is 0 Å². The van der Waals surface area contributed by atoms with Crippen molar-refractivity contribution in [3.8, 4) is 0 Å². The highest BCUT2D eigenvalue weighted by molar-refractivity contribution is 8.42. The molecule has 0 radical (unpaired) electrons. The Bertz CT molecular complexity index is 130. The van der Waals surface area contributed by atoms with Crippen LogP contribution in [-0.4, -0.2) is 28.8 Å². The molecule has 6 heteroatoms. The first-order chi connectivity index (χ1) is 4.46. The molecule has 0 heterocycles. The Labute approximate surface area is 66.6 Å². The van der Waals surface area contributed by atoms with Crippen molar-refractivity contribution in [2.45, 2.75) is 13.0 Å². The Morgan fingerprint density at radius 3 is 2.20 bits per heavy atom. The van der Waals surface area contributed by atoms with Gasteiger partial charge in [0.05, 0.1) is 0 Å². The van der Waals surface area contributed by atoms with E-state index in [0.29, 0.717) is 0 Å². The summed E-state index contributed by atoms with van der Waals surface area (Å²) >= 11 is 0. The molecule has 60 valence electrons. The lowest BCUT2D eigenvalue weighted by Crippen LogP contribution is -2.30. The van der Waals surface area contributed by atoms with Crippen LogP contribution in [0.5, 0.6) is 0 Å². The predicted molar refractivity (Wildman–Crippen MR) is 51.2 cm³/mol. The molecule has 0 amide bonds. The zero-order valence-electron chi connectivity index (χ0n) is 5.98. The van der Waals surface area contributed by atoms with E-state index in [9.17, 15) is 4.79 Å². The van der Waals surface area contributed by atoms with E-state index in [1.54, 1.807) is 18.6 Å². The molecule has 0 bridgehead atoms. The number of hydrogen-bond donors (Lipinski definition) is 1. The molecule has 0 aromatic heterocycles. The van der Waals surface area contributed by atoms with E-state index in [1.165, 1.54) is 0 Å². The Kier molecular flexibility index (Phi) is 4.90. The lowest BCUT2D eigenvalue weighted by Gasteiger charge is -2.24. The summed E-state index contributed by atoms with van der Waals surface area (Å²) in [5, 5.41) is 8.55. The van der Waals surface area contributed by atoms with Crippen molar-refractivity contribution in [1.82, 2.24) is 4.67 Å². The standard InChI is InChI=1S/C4H12NO2P3/c1-3(4(6)7)5(2)10(8)9/h3H,8-9H2,1-2H3,(H,6,7). The maximum atomic E-state index is 10.4. The van der Waals surface area contributed by atoms with Crippen LogP contribution in [0.4, 0.5) is 0 Å². The zero-order chi connectivity index (χ0) is 8.31. The normalized spacial score (nSPS) is 14.2. The van der Waals surface area contributed by atoms with Crippen LogP contribution in [0.2, 0.25) is 0 Å². The van der Waals surface area contributed by atoms with Crippen molar-refractivity contribution < 1.29 is 9.90 Å². The van der Waals surface area contributed by atoms with Crippen molar-refractivity contribution in [1.29, 1.82) is 0 Å². The third-order valence-electron chi connectivity index (χ3n) is 1.28. The molecule has 0 saturated heterocycles. The van der Waals surface area contributed by atoms with E-state index in [-0.39, 0.29) is 0 Å². The first-order valence-electron chi connectivity index (χ1n) is 2.72. The molecule has 10 heavy (non-hydrogen) atoms. The Morgan fingerprint density at radius 1 is 1.70 bits per heavy atom. The van der Waals surface area contributed by atoms with Crippen molar-refractivity contribution in [2.24, 2.45) is 0 Å². The summed E-state index contributed by atoms with van der Waals surface area (Å²) in [6.45, 7) is 1.67. The van der Waals surface area contributed by atoms with E-state index in [2.05, 4.69) is 17.9 Å². The molecule has 0 aliphatic rings. The van der Waals surface area contributed by atoms with Crippen LogP contribution in [0.15, 0.2) is 0 Å². The molecule has 0 aromatic carbocycles. The largest absolute Gasteiger partial charge is 0.480 e. The third kappa shape index (κ3) is 3.21. The first-order valence-corrected chi connectivity index (χ1v) is 7.25. The van der Waals surface area contributed by atoms with Crippen LogP contribution in [0.3, 0.4) is 0 Å². The molecule has 3 unspecified atom stereocenters. The molecule has 0 aliphatic heterocycles. The van der Waals surface area contributed by atoms with Gasteiger partial charge in [0.25, 0.3) is 0 Å². The Morgan fingerprint density at radius 2 is 2.10 bits per heavy atom. The maximum Gasteiger partial charge on any atom is 0.320 e. The van der Waals surface area contributed by atoms with E-state index >= 15 is 0 Å². The summed E-state index contributed by atoms with van der Waals surface area (Å²) in [4.78, 5) is 10.4. The van der Waals surface area contributed by atoms with Gasteiger partial charge in [-0.15, -0.1) is 0 Å². The fourth-order valence-electron chi connectivity index (χ4n) is 0.360. The van der Waals surface area contributed by atoms with Gasteiger partial charge in [0.2, 0.25) is 0 Å². The van der Waals surface area contributed by atoms with E-state index in [0.717, 1.165) is 0 Å². The SMILES string of the molecule is CC(C(=O)O)N(C)P(P)P. The number of carboxylic acid groups (broad SMARTS) is 1. The molecule has 0 rings (SSSR count). The van der Waals surface area contributed by atoms with Gasteiger partial charge in [0, 0.05) is 7.45 Å². The van der Waals surface area contributed by atoms with Gasteiger partial charge >= 0.3 is 5.97 Å². The van der Waals surface area contributed by atoms with E-state index < -0.39 is 19.5 Å². The van der Waals surface area contributed by atoms with Crippen LogP contribution in [0.25, 0.3) is 0 Å². The lowest BCUT2D eigenvalue weighted by atomic mass is 10.4. The lowest BCUT2D eigenvalue weighted by molar-refractivity contribution is -0.140. The molecule has 1 N–H and O–H groups in total. The van der Waals surface area contributed by atoms with Gasteiger partial charge in [-0.2, -0.15) is 0 Å². The Balaban J connectivity index is 3.94. The van der Waals surface area contributed by atoms with Gasteiger partial charge in [-0.1, -0.05) is 17.9 Å². The third-order valence-corrected chi connectivity index (χ3v) is 4.54. The second kappa shape index (κ2) is 4.57. The smallest absolute Gasteiger partial charge is 0.320 e. The molecule has 0 aliphatic carbocycles. The number of nitrogens with zero attached hydrogens (tertiary/aromatic N) is 1. The zero-order valence-corrected chi connectivity index (χ0v) is 9.19. The van der Waals surface area contributed by atoms with Crippen LogP contribution in [0.1, 0.15) is 6.92 Å². The second-order valence-electron chi connectivity index (χ2n) is 1.97. The molecule has 0 aromatic rings. The fourth-order valence-corrected chi connectivity index (χ4v) is 2.06. The van der Waals surface area contributed by atoms with Gasteiger partial charge in [0.15, 0.2) is 0 Å². The van der Waals surface area contributed by atoms with Crippen molar-refractivity contribution >= 4 is 31.3 Å². The Hall–Kier alpha value is 0.720. The molecule has 0 spiro atoms. The maximum absolute atomic E-state index is 10.4. The van der Waals surface area contributed by atoms with Gasteiger partial charge in [-0.05, 0) is 14.0 Å². The molecule has 0 fully saturated rings. The number of hydrogen-bond acceptors (Lipinski definition) is 2. The predicted octanol–water partition coefficient (Wildman–Crippen LogP) is 1.37. The minimum absolute atomic E-state index is 0.402. The molecular weight excluding hydrogens is 187 g/mol. The monoisotopic (exact) mass is 199 g/mol. The summed E-state index contributed by atoms with van der Waals surface area (Å²) in [5.74, 6) is -0.778. The number of carboxylic acids is 1. The van der Waals surface area contributed by atoms with Gasteiger partial charge in [-0.25, -0.2) is 0 Å². The van der Waals surface area contributed by atoms with E-state index in [4.69, 9.17) is 5.11 Å². The highest BCUT2D eigenvalue weighted by Gasteiger charge is 2.18. The molecule has 0 saturated carbocycles. The summed E-state index contributed by atoms with van der Waals surface area (Å²) in [6, 6.07) is -0.402. The number of aliphatic carboxylic acids is 1. The average molecular weight is 199 g/mol. The van der Waals surface area contributed by atoms with Crippen molar-refractivity contribution in [3.05, 3.63) is 0 Å². The van der Waals surface area contributed by atoms with Gasteiger partial charge < -0.3 is 5.11 Å². The number of rotatable bonds is 3. The number of carbonyl (C=O) groups is 1. The summed E-state index contributed by atoms with van der Waals surface area (Å²) in [6.07, 6.45) is 0. The average Bonchev–Trinajstić information content (AvgIpc) is 1.84. The topological polar surface area (TPSA) is 40.5 Å². The van der Waals surface area contributed by atoms with Crippen LogP contribution >= 0.6 is 25.3 Å². The fraction of sp³-hybridized carbons (Fsp3) is 0.750. The van der Waals surface area contributed by atoms with Crippen LogP contribution in [-0.2, 0) is 4.79 Å². The molecular formula is C4H12NO2P3. The molecule has 3 nitrogen and oxygen atoms in total. The van der Waals surface area contributed by atoms with Crippen LogP contribution < -0.4 is 0 Å². The highest BCUT2D eigenvalue weighted by Crippen LogP contribution is 2.55. The van der Waals surface area contributed by atoms with Gasteiger partial charge in [-0.3, -0.25) is 9.46 Å². The van der Waals surface area contributed by atoms with Crippen molar-refractivity contribution in [2.75, 3.05) is 7.05 Å². The summed E-state index contributed by atoms with van der Waals surface area (Å²) in [7, 11) is 6.50. The summed E-state index contributed by atoms with van der Waals surface area (Å²) < 4.78 is 1.80.